The van der Waals surface area contributed by atoms with E-state index in [9.17, 15) is 9.59 Å². The average Bonchev–Trinajstić information content (AvgIpc) is 3.15. The molecule has 28 heavy (non-hydrogen) atoms. The molecule has 3 heteroatoms. The lowest BCUT2D eigenvalue weighted by Crippen LogP contribution is -2.57. The van der Waals surface area contributed by atoms with Gasteiger partial charge in [0.25, 0.3) is 0 Å². The highest BCUT2D eigenvalue weighted by Crippen LogP contribution is 2.72. The molecule has 0 aromatic rings. The van der Waals surface area contributed by atoms with Gasteiger partial charge in [-0.05, 0) is 79.6 Å². The quantitative estimate of drug-likeness (QED) is 0.431. The second-order valence-electron chi connectivity index (χ2n) is 11.2. The minimum Gasteiger partial charge on any atom is -0.458 e. The van der Waals surface area contributed by atoms with Crippen molar-refractivity contribution in [3.05, 3.63) is 23.8 Å². The third kappa shape index (κ3) is 1.87. The summed E-state index contributed by atoms with van der Waals surface area (Å²) in [5, 5.41) is 0. The molecule has 3 nitrogen and oxygen atoms in total. The number of carbonyl (C=O) groups is 2. The minimum absolute atomic E-state index is 0.000481. The number of rotatable bonds is 0. The zero-order valence-corrected chi connectivity index (χ0v) is 17.3. The first-order valence-electron chi connectivity index (χ1n) is 11.5. The van der Waals surface area contributed by atoms with Crippen LogP contribution in [0.1, 0.15) is 78.1 Å². The molecule has 3 saturated carbocycles. The van der Waals surface area contributed by atoms with Crippen LogP contribution in [0, 0.1) is 34.0 Å². The number of hydrogen-bond donors (Lipinski definition) is 0. The SMILES string of the molecule is C[C@]12CCC(=O)C=C1C1(CCC1)CC1C2C=C[C@@]2(C)C1CC[C@@]21CCC(=O)O1. The van der Waals surface area contributed by atoms with Crippen LogP contribution in [0.2, 0.25) is 0 Å². The molecule has 0 radical (unpaired) electrons. The summed E-state index contributed by atoms with van der Waals surface area (Å²) >= 11 is 0. The van der Waals surface area contributed by atoms with E-state index in [1.54, 1.807) is 0 Å². The van der Waals surface area contributed by atoms with Crippen molar-refractivity contribution in [1.29, 1.82) is 0 Å². The Morgan fingerprint density at radius 3 is 2.54 bits per heavy atom. The van der Waals surface area contributed by atoms with Crippen molar-refractivity contribution >= 4 is 11.8 Å². The summed E-state index contributed by atoms with van der Waals surface area (Å²) in [6.45, 7) is 4.83. The predicted octanol–water partition coefficient (Wildman–Crippen LogP) is 5.15. The molecule has 0 N–H and O–H groups in total. The van der Waals surface area contributed by atoms with Crippen molar-refractivity contribution < 1.29 is 14.3 Å². The Labute approximate surface area is 168 Å². The molecule has 1 heterocycles. The Bertz CT molecular complexity index is 833. The van der Waals surface area contributed by atoms with Gasteiger partial charge in [0.2, 0.25) is 0 Å². The lowest BCUT2D eigenvalue weighted by Gasteiger charge is -2.64. The van der Waals surface area contributed by atoms with Gasteiger partial charge >= 0.3 is 5.97 Å². The van der Waals surface area contributed by atoms with E-state index in [4.69, 9.17) is 4.74 Å². The highest BCUT2D eigenvalue weighted by atomic mass is 16.6. The fourth-order valence-electron chi connectivity index (χ4n) is 8.72. The molecule has 6 atom stereocenters. The number of carbonyl (C=O) groups excluding carboxylic acids is 2. The summed E-state index contributed by atoms with van der Waals surface area (Å²) in [6, 6.07) is 0. The van der Waals surface area contributed by atoms with E-state index in [0.717, 1.165) is 19.3 Å². The molecule has 0 aromatic heterocycles. The lowest BCUT2D eigenvalue weighted by molar-refractivity contribution is -0.158. The Morgan fingerprint density at radius 2 is 1.86 bits per heavy atom. The molecule has 150 valence electrons. The van der Waals surface area contributed by atoms with E-state index < -0.39 is 0 Å². The highest BCUT2D eigenvalue weighted by Gasteiger charge is 2.68. The maximum Gasteiger partial charge on any atom is 0.306 e. The minimum atomic E-state index is -0.261. The van der Waals surface area contributed by atoms with Crippen LogP contribution >= 0.6 is 0 Å². The number of allylic oxidation sites excluding steroid dienone is 3. The second kappa shape index (κ2) is 5.21. The van der Waals surface area contributed by atoms with Crippen LogP contribution in [-0.2, 0) is 14.3 Å². The highest BCUT2D eigenvalue weighted by molar-refractivity contribution is 5.92. The fraction of sp³-hybridized carbons (Fsp3) is 0.760. The molecule has 0 aromatic carbocycles. The van der Waals surface area contributed by atoms with Crippen LogP contribution in [0.3, 0.4) is 0 Å². The van der Waals surface area contributed by atoms with E-state index in [0.29, 0.717) is 36.4 Å². The van der Waals surface area contributed by atoms with Crippen LogP contribution in [-0.4, -0.2) is 17.4 Å². The molecule has 0 amide bonds. The molecular weight excluding hydrogens is 348 g/mol. The van der Waals surface area contributed by atoms with Crippen LogP contribution in [0.25, 0.3) is 0 Å². The third-order valence-corrected chi connectivity index (χ3v) is 10.3. The molecule has 6 aliphatic rings. The van der Waals surface area contributed by atoms with Gasteiger partial charge in [0.1, 0.15) is 5.60 Å². The monoisotopic (exact) mass is 380 g/mol. The molecule has 2 spiro atoms. The van der Waals surface area contributed by atoms with E-state index in [1.807, 2.05) is 0 Å². The molecule has 3 unspecified atom stereocenters. The second-order valence-corrected chi connectivity index (χ2v) is 11.2. The zero-order valence-electron chi connectivity index (χ0n) is 17.3. The van der Waals surface area contributed by atoms with Crippen molar-refractivity contribution in [3.63, 3.8) is 0 Å². The smallest absolute Gasteiger partial charge is 0.306 e. The van der Waals surface area contributed by atoms with Gasteiger partial charge < -0.3 is 4.74 Å². The van der Waals surface area contributed by atoms with Gasteiger partial charge in [-0.25, -0.2) is 0 Å². The molecule has 1 saturated heterocycles. The van der Waals surface area contributed by atoms with Gasteiger partial charge in [-0.1, -0.05) is 38.0 Å². The number of ether oxygens (including phenoxy) is 1. The molecule has 1 aliphatic heterocycles. The average molecular weight is 381 g/mol. The largest absolute Gasteiger partial charge is 0.458 e. The first-order valence-corrected chi connectivity index (χ1v) is 11.5. The van der Waals surface area contributed by atoms with Gasteiger partial charge in [-0.15, -0.1) is 0 Å². The van der Waals surface area contributed by atoms with Gasteiger partial charge in [0.05, 0.1) is 0 Å². The first-order chi connectivity index (χ1) is 13.3. The summed E-state index contributed by atoms with van der Waals surface area (Å²) in [7, 11) is 0. The third-order valence-electron chi connectivity index (χ3n) is 10.3. The van der Waals surface area contributed by atoms with Crippen molar-refractivity contribution in [3.8, 4) is 0 Å². The van der Waals surface area contributed by atoms with Crippen molar-refractivity contribution in [1.82, 2.24) is 0 Å². The Hall–Kier alpha value is -1.38. The number of fused-ring (bicyclic) bond motifs is 7. The Kier molecular flexibility index (Phi) is 3.25. The van der Waals surface area contributed by atoms with Gasteiger partial charge in [0, 0.05) is 18.3 Å². The van der Waals surface area contributed by atoms with Crippen LogP contribution in [0.15, 0.2) is 23.8 Å². The van der Waals surface area contributed by atoms with Crippen molar-refractivity contribution in [2.24, 2.45) is 34.0 Å². The van der Waals surface area contributed by atoms with E-state index in [1.165, 1.54) is 37.7 Å². The molecule has 5 aliphatic carbocycles. The van der Waals surface area contributed by atoms with E-state index in [-0.39, 0.29) is 27.8 Å². The molecular formula is C25H32O3. The maximum atomic E-state index is 12.3. The summed E-state index contributed by atoms with van der Waals surface area (Å²) < 4.78 is 6.05. The summed E-state index contributed by atoms with van der Waals surface area (Å²) in [6.07, 6.45) is 17.5. The number of hydrogen-bond acceptors (Lipinski definition) is 3. The van der Waals surface area contributed by atoms with E-state index >= 15 is 0 Å². The molecule has 0 bridgehead atoms. The molecule has 4 fully saturated rings. The summed E-state index contributed by atoms with van der Waals surface area (Å²) in [4.78, 5) is 24.4. The van der Waals surface area contributed by atoms with Gasteiger partial charge in [0.15, 0.2) is 5.78 Å². The number of esters is 1. The zero-order chi connectivity index (χ0) is 19.4. The standard InChI is InChI=1S/C25H32O3/c1-22-10-4-16(26)14-20(22)24(8-3-9-24)15-17-18(22)5-11-23(2)19(17)6-12-25(23)13-7-21(27)28-25/h5,11,14,17-19H,3-4,6-10,12-13,15H2,1-2H3/t17?,18?,19?,22-,23+,25-/m1/s1. The summed E-state index contributed by atoms with van der Waals surface area (Å²) in [5.41, 5.74) is 1.63. The maximum absolute atomic E-state index is 12.3. The number of ketones is 1. The van der Waals surface area contributed by atoms with Gasteiger partial charge in [-0.2, -0.15) is 0 Å². The van der Waals surface area contributed by atoms with Gasteiger partial charge in [-0.3, -0.25) is 9.59 Å². The predicted molar refractivity (Wildman–Crippen MR) is 106 cm³/mol. The van der Waals surface area contributed by atoms with Crippen molar-refractivity contribution in [2.45, 2.75) is 83.7 Å². The Balaban J connectivity index is 1.46. The van der Waals surface area contributed by atoms with Crippen LogP contribution in [0.4, 0.5) is 0 Å². The van der Waals surface area contributed by atoms with Crippen LogP contribution in [0.5, 0.6) is 0 Å². The van der Waals surface area contributed by atoms with Crippen molar-refractivity contribution in [2.75, 3.05) is 0 Å². The summed E-state index contributed by atoms with van der Waals surface area (Å²) in [5.74, 6) is 2.13. The fourth-order valence-corrected chi connectivity index (χ4v) is 8.72. The normalized spacial score (nSPS) is 50.6. The Morgan fingerprint density at radius 1 is 1.04 bits per heavy atom. The topological polar surface area (TPSA) is 43.4 Å². The first kappa shape index (κ1) is 17.5. The molecule has 6 rings (SSSR count). The van der Waals surface area contributed by atoms with Crippen LogP contribution < -0.4 is 0 Å². The van der Waals surface area contributed by atoms with E-state index in [2.05, 4.69) is 32.1 Å². The lowest BCUT2D eigenvalue weighted by atomic mass is 9.40.